The first kappa shape index (κ1) is 16.5. The number of nitrogens with zero attached hydrogens (tertiary/aromatic N) is 3. The van der Waals surface area contributed by atoms with E-state index in [2.05, 4.69) is 22.4 Å². The van der Waals surface area contributed by atoms with Gasteiger partial charge < -0.3 is 9.94 Å². The molecule has 26 heavy (non-hydrogen) atoms. The number of hydrogen-bond donors (Lipinski definition) is 1. The molecule has 1 aliphatic carbocycles. The number of hydrogen-bond acceptors (Lipinski definition) is 4. The summed E-state index contributed by atoms with van der Waals surface area (Å²) in [5, 5.41) is 18.9. The summed E-state index contributed by atoms with van der Waals surface area (Å²) < 4.78 is 1.79. The van der Waals surface area contributed by atoms with Crippen LogP contribution in [-0.4, -0.2) is 33.3 Å². The van der Waals surface area contributed by atoms with Crippen molar-refractivity contribution in [3.63, 3.8) is 0 Å². The Bertz CT molecular complexity index is 927. The van der Waals surface area contributed by atoms with E-state index in [-0.39, 0.29) is 6.61 Å². The first-order chi connectivity index (χ1) is 12.6. The molecule has 4 rings (SSSR count). The number of aromatic nitrogens is 2. The highest BCUT2D eigenvalue weighted by atomic mass is 16.6. The molecule has 1 aromatic heterocycles. The third-order valence-electron chi connectivity index (χ3n) is 4.56. The van der Waals surface area contributed by atoms with Crippen molar-refractivity contribution >= 4 is 5.71 Å². The van der Waals surface area contributed by atoms with Crippen LogP contribution in [0.15, 0.2) is 59.8 Å². The Labute approximate surface area is 152 Å². The van der Waals surface area contributed by atoms with Crippen LogP contribution >= 0.6 is 0 Å². The van der Waals surface area contributed by atoms with Crippen LogP contribution in [0.2, 0.25) is 0 Å². The van der Waals surface area contributed by atoms with Gasteiger partial charge in [-0.1, -0.05) is 53.7 Å². The molecule has 0 radical (unpaired) electrons. The molecule has 1 N–H and O–H groups in total. The maximum absolute atomic E-state index is 10.2. The molecular weight excluding hydrogens is 326 g/mol. The summed E-state index contributed by atoms with van der Waals surface area (Å²) in [5.74, 6) is 0. The number of fused-ring (bicyclic) bond motifs is 3. The van der Waals surface area contributed by atoms with E-state index in [1.54, 1.807) is 4.68 Å². The molecule has 3 aromatic rings. The number of aliphatic hydroxyl groups is 1. The zero-order valence-corrected chi connectivity index (χ0v) is 14.9. The summed E-state index contributed by atoms with van der Waals surface area (Å²) in [6, 6.07) is 18.3. The summed E-state index contributed by atoms with van der Waals surface area (Å²) in [6.07, 6.45) is -0.677. The average Bonchev–Trinajstić information content (AvgIpc) is 3.12. The summed E-state index contributed by atoms with van der Waals surface area (Å²) in [5.41, 5.74) is 7.21. The second-order valence-corrected chi connectivity index (χ2v) is 6.59. The predicted molar refractivity (Wildman–Crippen MR) is 101 cm³/mol. The summed E-state index contributed by atoms with van der Waals surface area (Å²) in [4.78, 5) is 5.51. The highest BCUT2D eigenvalue weighted by Crippen LogP contribution is 2.36. The molecule has 0 saturated heterocycles. The maximum atomic E-state index is 10.2. The fourth-order valence-corrected chi connectivity index (χ4v) is 3.39. The Morgan fingerprint density at radius 2 is 1.58 bits per heavy atom. The lowest BCUT2D eigenvalue weighted by molar-refractivity contribution is 0.0290. The molecule has 0 amide bonds. The zero-order chi connectivity index (χ0) is 18.1. The van der Waals surface area contributed by atoms with Crippen LogP contribution in [0.1, 0.15) is 22.5 Å². The van der Waals surface area contributed by atoms with E-state index in [1.165, 1.54) is 0 Å². The van der Waals surface area contributed by atoms with Crippen LogP contribution in [-0.2, 0) is 11.4 Å². The van der Waals surface area contributed by atoms with Gasteiger partial charge in [-0.15, -0.1) is 0 Å². The van der Waals surface area contributed by atoms with E-state index in [9.17, 15) is 5.11 Å². The second kappa shape index (κ2) is 6.77. The third-order valence-corrected chi connectivity index (χ3v) is 4.56. The minimum atomic E-state index is -0.677. The molecule has 0 saturated carbocycles. The van der Waals surface area contributed by atoms with Gasteiger partial charge in [-0.3, -0.25) is 4.68 Å². The lowest BCUT2D eigenvalue weighted by atomic mass is 10.1. The van der Waals surface area contributed by atoms with Gasteiger partial charge >= 0.3 is 0 Å². The first-order valence-corrected chi connectivity index (χ1v) is 8.72. The van der Waals surface area contributed by atoms with E-state index in [1.807, 2.05) is 56.3 Å². The standard InChI is InChI=1S/C21H21N3O2/c1-14-11-15(2)24(22-14)12-16(25)13-26-23-21-19-9-5-3-7-17(19)18-8-4-6-10-20(18)21/h3-11,16,25H,12-13H2,1-2H3. The maximum Gasteiger partial charge on any atom is 0.144 e. The van der Waals surface area contributed by atoms with E-state index >= 15 is 0 Å². The summed E-state index contributed by atoms with van der Waals surface area (Å²) in [6.45, 7) is 4.41. The smallest absolute Gasteiger partial charge is 0.144 e. The lowest BCUT2D eigenvalue weighted by Gasteiger charge is -2.11. The van der Waals surface area contributed by atoms with Gasteiger partial charge in [0, 0.05) is 16.8 Å². The number of aliphatic hydroxyl groups excluding tert-OH is 1. The Morgan fingerprint density at radius 1 is 1.00 bits per heavy atom. The van der Waals surface area contributed by atoms with Crippen LogP contribution in [0.5, 0.6) is 0 Å². The van der Waals surface area contributed by atoms with Crippen molar-refractivity contribution < 1.29 is 9.94 Å². The first-order valence-electron chi connectivity index (χ1n) is 8.72. The van der Waals surface area contributed by atoms with Gasteiger partial charge in [0.05, 0.1) is 12.2 Å². The van der Waals surface area contributed by atoms with Gasteiger partial charge in [-0.05, 0) is 31.0 Å². The van der Waals surface area contributed by atoms with Crippen LogP contribution in [0.4, 0.5) is 0 Å². The monoisotopic (exact) mass is 347 g/mol. The van der Waals surface area contributed by atoms with E-state index < -0.39 is 6.10 Å². The molecule has 5 heteroatoms. The molecule has 0 fully saturated rings. The van der Waals surface area contributed by atoms with E-state index in [4.69, 9.17) is 4.84 Å². The average molecular weight is 347 g/mol. The van der Waals surface area contributed by atoms with Crippen molar-refractivity contribution in [2.24, 2.45) is 5.16 Å². The van der Waals surface area contributed by atoms with E-state index in [0.29, 0.717) is 6.54 Å². The number of aryl methyl sites for hydroxylation is 2. The molecule has 132 valence electrons. The summed E-state index contributed by atoms with van der Waals surface area (Å²) in [7, 11) is 0. The Morgan fingerprint density at radius 3 is 2.12 bits per heavy atom. The van der Waals surface area contributed by atoms with Gasteiger partial charge in [0.25, 0.3) is 0 Å². The van der Waals surface area contributed by atoms with Crippen LogP contribution in [0, 0.1) is 13.8 Å². The van der Waals surface area contributed by atoms with Gasteiger partial charge in [-0.25, -0.2) is 0 Å². The molecule has 2 aromatic carbocycles. The van der Waals surface area contributed by atoms with Crippen molar-refractivity contribution in [2.75, 3.05) is 6.61 Å². The largest absolute Gasteiger partial charge is 0.392 e. The number of benzene rings is 2. The minimum absolute atomic E-state index is 0.117. The fraction of sp³-hybridized carbons (Fsp3) is 0.238. The van der Waals surface area contributed by atoms with Crippen molar-refractivity contribution in [1.29, 1.82) is 0 Å². The second-order valence-electron chi connectivity index (χ2n) is 6.59. The Balaban J connectivity index is 1.49. The van der Waals surface area contributed by atoms with Crippen molar-refractivity contribution in [1.82, 2.24) is 9.78 Å². The van der Waals surface area contributed by atoms with Gasteiger partial charge in [0.1, 0.15) is 18.4 Å². The SMILES string of the molecule is Cc1cc(C)n(CC(O)CON=C2c3ccccc3-c3ccccc32)n1. The normalized spacial score (nSPS) is 13.3. The van der Waals surface area contributed by atoms with Gasteiger partial charge in [-0.2, -0.15) is 5.10 Å². The quantitative estimate of drug-likeness (QED) is 0.564. The zero-order valence-electron chi connectivity index (χ0n) is 14.9. The molecular formula is C21H21N3O2. The fourth-order valence-electron chi connectivity index (χ4n) is 3.39. The molecule has 1 heterocycles. The Kier molecular flexibility index (Phi) is 4.31. The van der Waals surface area contributed by atoms with Crippen LogP contribution in [0.25, 0.3) is 11.1 Å². The Hall–Kier alpha value is -2.92. The highest BCUT2D eigenvalue weighted by molar-refractivity contribution is 6.24. The lowest BCUT2D eigenvalue weighted by Crippen LogP contribution is -2.22. The van der Waals surface area contributed by atoms with Crippen molar-refractivity contribution in [3.05, 3.63) is 77.1 Å². The molecule has 1 aliphatic rings. The molecule has 0 bridgehead atoms. The predicted octanol–water partition coefficient (Wildman–Crippen LogP) is 3.31. The van der Waals surface area contributed by atoms with E-state index in [0.717, 1.165) is 39.4 Å². The summed E-state index contributed by atoms with van der Waals surface area (Å²) >= 11 is 0. The number of rotatable bonds is 5. The number of oxime groups is 1. The molecule has 1 atom stereocenters. The molecule has 0 aliphatic heterocycles. The van der Waals surface area contributed by atoms with Gasteiger partial charge in [0.15, 0.2) is 0 Å². The van der Waals surface area contributed by atoms with Crippen molar-refractivity contribution in [3.8, 4) is 11.1 Å². The molecule has 5 nitrogen and oxygen atoms in total. The van der Waals surface area contributed by atoms with Crippen LogP contribution < -0.4 is 0 Å². The highest BCUT2D eigenvalue weighted by Gasteiger charge is 2.24. The van der Waals surface area contributed by atoms with Gasteiger partial charge in [0.2, 0.25) is 0 Å². The van der Waals surface area contributed by atoms with Crippen molar-refractivity contribution in [2.45, 2.75) is 26.5 Å². The molecule has 0 spiro atoms. The molecule has 1 unspecified atom stereocenters. The third kappa shape index (κ3) is 3.02. The minimum Gasteiger partial charge on any atom is -0.392 e. The van der Waals surface area contributed by atoms with Crippen LogP contribution in [0.3, 0.4) is 0 Å². The topological polar surface area (TPSA) is 59.6 Å².